The standard InChI is InChI=1S/C18H20N2OS2/c1-9-6-7-10(2)14(8-9)22-13(5)16-19-17(21)15-11(3)12(4)23-18(15)20-16/h6-8,13H,1-5H3,(H,19,20,21)/t13-/m0/s1. The third-order valence-corrected chi connectivity index (χ3v) is 6.46. The fraction of sp³-hybridized carbons (Fsp3) is 0.333. The molecule has 3 aromatic rings. The van der Waals surface area contributed by atoms with Crippen molar-refractivity contribution in [2.45, 2.75) is 44.8 Å². The number of H-pyrrole nitrogens is 1. The van der Waals surface area contributed by atoms with Crippen molar-refractivity contribution in [3.63, 3.8) is 0 Å². The van der Waals surface area contributed by atoms with Gasteiger partial charge in [-0.2, -0.15) is 0 Å². The summed E-state index contributed by atoms with van der Waals surface area (Å²) in [6, 6.07) is 6.44. The van der Waals surface area contributed by atoms with Gasteiger partial charge in [-0.15, -0.1) is 23.1 Å². The Morgan fingerprint density at radius 3 is 2.70 bits per heavy atom. The van der Waals surface area contributed by atoms with Crippen LogP contribution in [0, 0.1) is 27.7 Å². The molecule has 0 unspecified atom stereocenters. The van der Waals surface area contributed by atoms with Crippen LogP contribution in [0.25, 0.3) is 10.2 Å². The molecule has 0 spiro atoms. The molecule has 120 valence electrons. The molecule has 23 heavy (non-hydrogen) atoms. The number of hydrogen-bond acceptors (Lipinski definition) is 4. The van der Waals surface area contributed by atoms with E-state index in [1.54, 1.807) is 23.1 Å². The van der Waals surface area contributed by atoms with Gasteiger partial charge >= 0.3 is 0 Å². The Bertz CT molecular complexity index is 940. The van der Waals surface area contributed by atoms with E-state index < -0.39 is 0 Å². The van der Waals surface area contributed by atoms with Crippen LogP contribution in [0.15, 0.2) is 27.9 Å². The topological polar surface area (TPSA) is 45.8 Å². The lowest BCUT2D eigenvalue weighted by atomic mass is 10.2. The number of aromatic nitrogens is 2. The van der Waals surface area contributed by atoms with Crippen LogP contribution in [0.3, 0.4) is 0 Å². The smallest absolute Gasteiger partial charge is 0.259 e. The first kappa shape index (κ1) is 16.3. The van der Waals surface area contributed by atoms with Crippen molar-refractivity contribution in [2.24, 2.45) is 0 Å². The average Bonchev–Trinajstić information content (AvgIpc) is 2.78. The third-order valence-electron chi connectivity index (χ3n) is 4.09. The molecule has 0 bridgehead atoms. The molecule has 5 heteroatoms. The zero-order valence-electron chi connectivity index (χ0n) is 14.0. The normalized spacial score (nSPS) is 12.7. The quantitative estimate of drug-likeness (QED) is 0.675. The van der Waals surface area contributed by atoms with Gasteiger partial charge in [-0.3, -0.25) is 4.79 Å². The van der Waals surface area contributed by atoms with Crippen LogP contribution >= 0.6 is 23.1 Å². The van der Waals surface area contributed by atoms with Gasteiger partial charge in [0.05, 0.1) is 10.6 Å². The Balaban J connectivity index is 1.99. The molecule has 1 atom stereocenters. The number of thioether (sulfide) groups is 1. The van der Waals surface area contributed by atoms with Crippen LogP contribution in [0.2, 0.25) is 0 Å². The van der Waals surface area contributed by atoms with Gasteiger partial charge in [0.2, 0.25) is 0 Å². The van der Waals surface area contributed by atoms with Gasteiger partial charge in [0.25, 0.3) is 5.56 Å². The summed E-state index contributed by atoms with van der Waals surface area (Å²) in [6.45, 7) is 10.3. The van der Waals surface area contributed by atoms with Crippen LogP contribution < -0.4 is 5.56 Å². The Labute approximate surface area is 144 Å². The maximum absolute atomic E-state index is 12.4. The van der Waals surface area contributed by atoms with Gasteiger partial charge in [0.15, 0.2) is 0 Å². The maximum atomic E-state index is 12.4. The second kappa shape index (κ2) is 6.13. The summed E-state index contributed by atoms with van der Waals surface area (Å²) in [5, 5.41) is 0.829. The predicted molar refractivity (Wildman–Crippen MR) is 99.9 cm³/mol. The van der Waals surface area contributed by atoms with Crippen molar-refractivity contribution in [1.29, 1.82) is 0 Å². The highest BCUT2D eigenvalue weighted by Crippen LogP contribution is 2.36. The van der Waals surface area contributed by atoms with Gasteiger partial charge in [0.1, 0.15) is 10.7 Å². The van der Waals surface area contributed by atoms with Gasteiger partial charge in [-0.25, -0.2) is 4.98 Å². The first-order valence-electron chi connectivity index (χ1n) is 7.60. The van der Waals surface area contributed by atoms with Crippen molar-refractivity contribution >= 4 is 33.3 Å². The van der Waals surface area contributed by atoms with Crippen LogP contribution in [0.4, 0.5) is 0 Å². The summed E-state index contributed by atoms with van der Waals surface area (Å²) in [5.74, 6) is 0.745. The summed E-state index contributed by atoms with van der Waals surface area (Å²) in [4.78, 5) is 23.3. The number of hydrogen-bond donors (Lipinski definition) is 1. The Kier molecular flexibility index (Phi) is 4.34. The highest BCUT2D eigenvalue weighted by atomic mass is 32.2. The first-order valence-corrected chi connectivity index (χ1v) is 9.30. The van der Waals surface area contributed by atoms with Crippen molar-refractivity contribution in [2.75, 3.05) is 0 Å². The van der Waals surface area contributed by atoms with E-state index in [4.69, 9.17) is 4.98 Å². The zero-order valence-corrected chi connectivity index (χ0v) is 15.6. The lowest BCUT2D eigenvalue weighted by molar-refractivity contribution is 0.924. The minimum absolute atomic E-state index is 0.0275. The SMILES string of the molecule is Cc1ccc(C)c(S[C@@H](C)c2nc3sc(C)c(C)c3c(=O)[nH]2)c1. The molecule has 1 aromatic carbocycles. The molecule has 0 saturated heterocycles. The summed E-state index contributed by atoms with van der Waals surface area (Å²) in [7, 11) is 0. The number of fused-ring (bicyclic) bond motifs is 1. The molecule has 2 heterocycles. The minimum atomic E-state index is -0.0275. The van der Waals surface area contributed by atoms with E-state index in [-0.39, 0.29) is 10.8 Å². The summed E-state index contributed by atoms with van der Waals surface area (Å²) in [5.41, 5.74) is 3.51. The van der Waals surface area contributed by atoms with E-state index in [1.165, 1.54) is 16.0 Å². The molecule has 0 amide bonds. The number of aryl methyl sites for hydroxylation is 4. The van der Waals surface area contributed by atoms with E-state index in [9.17, 15) is 4.79 Å². The van der Waals surface area contributed by atoms with E-state index in [0.29, 0.717) is 0 Å². The first-order chi connectivity index (χ1) is 10.9. The minimum Gasteiger partial charge on any atom is -0.309 e. The fourth-order valence-corrected chi connectivity index (χ4v) is 4.69. The predicted octanol–water partition coefficient (Wildman–Crippen LogP) is 5.07. The van der Waals surface area contributed by atoms with Gasteiger partial charge in [-0.05, 0) is 51.8 Å². The molecule has 3 rings (SSSR count). The van der Waals surface area contributed by atoms with Gasteiger partial charge in [0, 0.05) is 9.77 Å². The zero-order chi connectivity index (χ0) is 16.7. The molecule has 0 aliphatic heterocycles. The monoisotopic (exact) mass is 344 g/mol. The van der Waals surface area contributed by atoms with Crippen molar-refractivity contribution < 1.29 is 0 Å². The summed E-state index contributed by atoms with van der Waals surface area (Å²) >= 11 is 3.33. The summed E-state index contributed by atoms with van der Waals surface area (Å²) in [6.07, 6.45) is 0. The lowest BCUT2D eigenvalue weighted by Crippen LogP contribution is -2.12. The lowest BCUT2D eigenvalue weighted by Gasteiger charge is -2.13. The molecule has 0 saturated carbocycles. The number of nitrogens with one attached hydrogen (secondary N) is 1. The number of benzene rings is 1. The van der Waals surface area contributed by atoms with Crippen molar-refractivity contribution in [3.05, 3.63) is 55.9 Å². The molecule has 3 nitrogen and oxygen atoms in total. The number of aromatic amines is 1. The molecule has 0 aliphatic rings. The van der Waals surface area contributed by atoms with Crippen LogP contribution in [-0.4, -0.2) is 9.97 Å². The number of nitrogens with zero attached hydrogens (tertiary/aromatic N) is 1. The second-order valence-electron chi connectivity index (χ2n) is 5.94. The highest BCUT2D eigenvalue weighted by Gasteiger charge is 2.16. The molecular formula is C18H20N2OS2. The van der Waals surface area contributed by atoms with Gasteiger partial charge < -0.3 is 4.98 Å². The fourth-order valence-electron chi connectivity index (χ4n) is 2.54. The number of thiophene rings is 1. The maximum Gasteiger partial charge on any atom is 0.259 e. The van der Waals surface area contributed by atoms with E-state index in [2.05, 4.69) is 44.0 Å². The van der Waals surface area contributed by atoms with Crippen molar-refractivity contribution in [3.8, 4) is 0 Å². The van der Waals surface area contributed by atoms with Crippen LogP contribution in [-0.2, 0) is 0 Å². The Morgan fingerprint density at radius 2 is 1.96 bits per heavy atom. The second-order valence-corrected chi connectivity index (χ2v) is 8.53. The van der Waals surface area contributed by atoms with E-state index in [0.717, 1.165) is 26.5 Å². The van der Waals surface area contributed by atoms with Crippen LogP contribution in [0.1, 0.15) is 39.6 Å². The molecule has 2 aromatic heterocycles. The van der Waals surface area contributed by atoms with Crippen molar-refractivity contribution in [1.82, 2.24) is 9.97 Å². The Hall–Kier alpha value is -1.59. The molecule has 0 aliphatic carbocycles. The summed E-state index contributed by atoms with van der Waals surface area (Å²) < 4.78 is 0. The molecule has 0 radical (unpaired) electrons. The third kappa shape index (κ3) is 3.08. The largest absolute Gasteiger partial charge is 0.309 e. The van der Waals surface area contributed by atoms with E-state index >= 15 is 0 Å². The van der Waals surface area contributed by atoms with Gasteiger partial charge in [-0.1, -0.05) is 17.7 Å². The number of rotatable bonds is 3. The average molecular weight is 345 g/mol. The van der Waals surface area contributed by atoms with Crippen LogP contribution in [0.5, 0.6) is 0 Å². The Morgan fingerprint density at radius 1 is 1.22 bits per heavy atom. The molecule has 1 N–H and O–H groups in total. The highest BCUT2D eigenvalue weighted by molar-refractivity contribution is 7.99. The van der Waals surface area contributed by atoms with E-state index in [1.807, 2.05) is 13.8 Å². The molecular weight excluding hydrogens is 324 g/mol. The molecule has 0 fully saturated rings.